The lowest BCUT2D eigenvalue weighted by Crippen LogP contribution is -2.11. The Bertz CT molecular complexity index is 614. The second kappa shape index (κ2) is 6.00. The number of nitrogens with zero attached hydrogens (tertiary/aromatic N) is 3. The molecular weight excluding hydrogens is 288 g/mol. The average molecular weight is 299 g/mol. The molecule has 0 aliphatic carbocycles. The maximum Gasteiger partial charge on any atom is 0.323 e. The molecule has 0 atom stereocenters. The molecule has 2 aromatic rings. The Hall–Kier alpha value is -1.96. The van der Waals surface area contributed by atoms with Gasteiger partial charge in [0.25, 0.3) is 5.76 Å². The summed E-state index contributed by atoms with van der Waals surface area (Å²) >= 11 is 0.178. The van der Waals surface area contributed by atoms with Crippen LogP contribution in [0.1, 0.15) is 5.56 Å². The van der Waals surface area contributed by atoms with Crippen LogP contribution in [0.15, 0.2) is 29.4 Å². The van der Waals surface area contributed by atoms with E-state index >= 15 is 0 Å². The molecule has 0 spiro atoms. The van der Waals surface area contributed by atoms with E-state index in [0.29, 0.717) is 5.56 Å². The Morgan fingerprint density at radius 2 is 2.00 bits per heavy atom. The van der Waals surface area contributed by atoms with E-state index in [2.05, 4.69) is 10.2 Å². The van der Waals surface area contributed by atoms with Gasteiger partial charge >= 0.3 is 5.97 Å². The average Bonchev–Trinajstić information content (AvgIpc) is 2.72. The van der Waals surface area contributed by atoms with Gasteiger partial charge in [0, 0.05) is 5.56 Å². The Balaban J connectivity index is 2.44. The van der Waals surface area contributed by atoms with Crippen LogP contribution >= 0.6 is 11.8 Å². The zero-order valence-electron chi connectivity index (χ0n) is 10.5. The van der Waals surface area contributed by atoms with Gasteiger partial charge in [-0.15, -0.1) is 10.2 Å². The maximum absolute atomic E-state index is 12.4. The minimum absolute atomic E-state index is 0.113. The van der Waals surface area contributed by atoms with Crippen molar-refractivity contribution in [1.29, 1.82) is 0 Å². The van der Waals surface area contributed by atoms with Crippen molar-refractivity contribution >= 4 is 17.7 Å². The number of carboxylic acids is 1. The highest BCUT2D eigenvalue weighted by Crippen LogP contribution is 2.27. The monoisotopic (exact) mass is 299 g/mol. The van der Waals surface area contributed by atoms with E-state index in [1.165, 1.54) is 4.57 Å². The predicted octanol–water partition coefficient (Wildman–Crippen LogP) is 2.65. The molecule has 0 radical (unpaired) electrons. The highest BCUT2D eigenvalue weighted by atomic mass is 32.2. The van der Waals surface area contributed by atoms with Gasteiger partial charge in [-0.2, -0.15) is 8.78 Å². The standard InChI is InChI=1S/C12H11F2N3O2S/c1-7-2-4-8(5-3-7)10-15-16-12(20-11(13)14)17(10)6-9(18)19/h2-5,11H,6H2,1H3,(H,18,19). The van der Waals surface area contributed by atoms with Crippen LogP contribution in [-0.4, -0.2) is 31.6 Å². The molecule has 0 aliphatic rings. The van der Waals surface area contributed by atoms with Crippen LogP contribution < -0.4 is 0 Å². The molecule has 1 N–H and O–H groups in total. The van der Waals surface area contributed by atoms with Crippen molar-refractivity contribution < 1.29 is 18.7 Å². The summed E-state index contributed by atoms with van der Waals surface area (Å²) in [6.45, 7) is 1.44. The molecule has 0 saturated carbocycles. The van der Waals surface area contributed by atoms with Crippen molar-refractivity contribution in [2.24, 2.45) is 0 Å². The minimum atomic E-state index is -2.68. The SMILES string of the molecule is Cc1ccc(-c2nnc(SC(F)F)n2CC(=O)O)cc1. The number of hydrogen-bond donors (Lipinski definition) is 1. The fourth-order valence-corrected chi connectivity index (χ4v) is 2.18. The molecule has 1 heterocycles. The van der Waals surface area contributed by atoms with Crippen molar-refractivity contribution in [3.63, 3.8) is 0 Å². The molecule has 0 saturated heterocycles. The predicted molar refractivity (Wildman–Crippen MR) is 69.7 cm³/mol. The summed E-state index contributed by atoms with van der Waals surface area (Å²) in [5.74, 6) is -3.57. The smallest absolute Gasteiger partial charge is 0.323 e. The van der Waals surface area contributed by atoms with E-state index in [-0.39, 0.29) is 22.7 Å². The molecule has 8 heteroatoms. The van der Waals surface area contributed by atoms with E-state index in [1.54, 1.807) is 12.1 Å². The zero-order valence-corrected chi connectivity index (χ0v) is 11.3. The molecular formula is C12H11F2N3O2S. The molecule has 0 amide bonds. The molecule has 5 nitrogen and oxygen atoms in total. The molecule has 0 unspecified atom stereocenters. The Morgan fingerprint density at radius 1 is 1.35 bits per heavy atom. The molecule has 0 fully saturated rings. The van der Waals surface area contributed by atoms with Crippen LogP contribution in [0.2, 0.25) is 0 Å². The summed E-state index contributed by atoms with van der Waals surface area (Å²) < 4.78 is 26.0. The van der Waals surface area contributed by atoms with E-state index in [9.17, 15) is 13.6 Å². The quantitative estimate of drug-likeness (QED) is 0.860. The third kappa shape index (κ3) is 3.32. The molecule has 106 valence electrons. The van der Waals surface area contributed by atoms with Gasteiger partial charge < -0.3 is 5.11 Å². The van der Waals surface area contributed by atoms with Crippen LogP contribution in [0, 0.1) is 6.92 Å². The number of aryl methyl sites for hydroxylation is 1. The lowest BCUT2D eigenvalue weighted by molar-refractivity contribution is -0.137. The zero-order chi connectivity index (χ0) is 14.7. The number of alkyl halides is 2. The lowest BCUT2D eigenvalue weighted by Gasteiger charge is -2.07. The van der Waals surface area contributed by atoms with Gasteiger partial charge in [-0.1, -0.05) is 29.8 Å². The lowest BCUT2D eigenvalue weighted by atomic mass is 10.1. The summed E-state index contributed by atoms with van der Waals surface area (Å²) in [5.41, 5.74) is 1.66. The first-order valence-corrected chi connectivity index (χ1v) is 6.52. The van der Waals surface area contributed by atoms with E-state index < -0.39 is 18.3 Å². The van der Waals surface area contributed by atoms with Crippen molar-refractivity contribution in [3.8, 4) is 11.4 Å². The summed E-state index contributed by atoms with van der Waals surface area (Å²) in [5, 5.41) is 16.2. The van der Waals surface area contributed by atoms with Crippen LogP contribution in [0.5, 0.6) is 0 Å². The van der Waals surface area contributed by atoms with Gasteiger partial charge in [-0.05, 0) is 18.7 Å². The van der Waals surface area contributed by atoms with Gasteiger partial charge in [0.2, 0.25) is 0 Å². The first-order valence-electron chi connectivity index (χ1n) is 5.64. The van der Waals surface area contributed by atoms with Crippen molar-refractivity contribution in [3.05, 3.63) is 29.8 Å². The van der Waals surface area contributed by atoms with Crippen LogP contribution in [-0.2, 0) is 11.3 Å². The third-order valence-electron chi connectivity index (χ3n) is 2.51. The second-order valence-corrected chi connectivity index (χ2v) is 4.99. The Morgan fingerprint density at radius 3 is 2.55 bits per heavy atom. The number of benzene rings is 1. The van der Waals surface area contributed by atoms with Gasteiger partial charge in [0.1, 0.15) is 6.54 Å². The van der Waals surface area contributed by atoms with Crippen LogP contribution in [0.4, 0.5) is 8.78 Å². The number of carbonyl (C=O) groups is 1. The Kier molecular flexibility index (Phi) is 4.33. The molecule has 20 heavy (non-hydrogen) atoms. The summed E-state index contributed by atoms with van der Waals surface area (Å²) in [4.78, 5) is 10.9. The van der Waals surface area contributed by atoms with Crippen molar-refractivity contribution in [2.75, 3.05) is 0 Å². The van der Waals surface area contributed by atoms with E-state index in [1.807, 2.05) is 19.1 Å². The van der Waals surface area contributed by atoms with Crippen LogP contribution in [0.3, 0.4) is 0 Å². The second-order valence-electron chi connectivity index (χ2n) is 4.03. The topological polar surface area (TPSA) is 68.0 Å². The van der Waals surface area contributed by atoms with Gasteiger partial charge in [0.15, 0.2) is 11.0 Å². The van der Waals surface area contributed by atoms with Crippen molar-refractivity contribution in [2.45, 2.75) is 24.4 Å². The van der Waals surface area contributed by atoms with Gasteiger partial charge in [-0.3, -0.25) is 9.36 Å². The van der Waals surface area contributed by atoms with Gasteiger partial charge in [-0.25, -0.2) is 0 Å². The Labute approximate surface area is 117 Å². The minimum Gasteiger partial charge on any atom is -0.480 e. The third-order valence-corrected chi connectivity index (χ3v) is 3.21. The number of rotatable bonds is 5. The number of halogens is 2. The highest BCUT2D eigenvalue weighted by molar-refractivity contribution is 7.99. The molecule has 1 aromatic carbocycles. The number of aliphatic carboxylic acids is 1. The fourth-order valence-electron chi connectivity index (χ4n) is 1.65. The summed E-state index contributed by atoms with van der Waals surface area (Å²) in [7, 11) is 0. The first-order chi connectivity index (χ1) is 9.47. The molecule has 0 aliphatic heterocycles. The molecule has 2 rings (SSSR count). The number of thioether (sulfide) groups is 1. The number of carboxylic acid groups (broad SMARTS) is 1. The highest BCUT2D eigenvalue weighted by Gasteiger charge is 2.19. The first kappa shape index (κ1) is 14.4. The number of aromatic nitrogens is 3. The molecule has 0 bridgehead atoms. The maximum atomic E-state index is 12.4. The largest absolute Gasteiger partial charge is 0.480 e. The summed E-state index contributed by atoms with van der Waals surface area (Å²) in [6, 6.07) is 7.15. The van der Waals surface area contributed by atoms with E-state index in [0.717, 1.165) is 5.56 Å². The summed E-state index contributed by atoms with van der Waals surface area (Å²) in [6.07, 6.45) is 0. The number of hydrogen-bond acceptors (Lipinski definition) is 4. The normalized spacial score (nSPS) is 11.0. The van der Waals surface area contributed by atoms with Crippen LogP contribution in [0.25, 0.3) is 11.4 Å². The van der Waals surface area contributed by atoms with E-state index in [4.69, 9.17) is 5.11 Å². The van der Waals surface area contributed by atoms with Crippen molar-refractivity contribution in [1.82, 2.24) is 14.8 Å². The molecule has 1 aromatic heterocycles. The fraction of sp³-hybridized carbons (Fsp3) is 0.250. The van der Waals surface area contributed by atoms with Gasteiger partial charge in [0.05, 0.1) is 0 Å².